The van der Waals surface area contributed by atoms with Gasteiger partial charge in [-0.25, -0.2) is 0 Å². The van der Waals surface area contributed by atoms with E-state index >= 15 is 0 Å². The molecule has 0 unspecified atom stereocenters. The highest BCUT2D eigenvalue weighted by Gasteiger charge is 2.07. The lowest BCUT2D eigenvalue weighted by molar-refractivity contribution is 0.640. The third-order valence-electron chi connectivity index (χ3n) is 3.74. The van der Waals surface area contributed by atoms with Crippen LogP contribution >= 0.6 is 0 Å². The number of aryl methyl sites for hydroxylation is 2. The first-order chi connectivity index (χ1) is 9.86. The minimum atomic E-state index is 1.03. The van der Waals surface area contributed by atoms with Crippen LogP contribution in [0.2, 0.25) is 0 Å². The number of allylic oxidation sites excluding steroid dienone is 1. The van der Waals surface area contributed by atoms with Crippen LogP contribution in [0.4, 0.5) is 0 Å². The Hall–Kier alpha value is -1.54. The van der Waals surface area contributed by atoms with Gasteiger partial charge in [0.15, 0.2) is 0 Å². The molecule has 0 spiro atoms. The number of para-hydroxylation sites is 1. The Bertz CT molecular complexity index is 539. The molecule has 1 heterocycles. The van der Waals surface area contributed by atoms with E-state index in [-0.39, 0.29) is 0 Å². The van der Waals surface area contributed by atoms with Gasteiger partial charge in [-0.15, -0.1) is 6.58 Å². The largest absolute Gasteiger partial charge is 0.347 e. The molecule has 0 saturated heterocycles. The van der Waals surface area contributed by atoms with Crippen LogP contribution in [0.3, 0.4) is 0 Å². The highest BCUT2D eigenvalue weighted by atomic mass is 15.0. The van der Waals surface area contributed by atoms with Crippen LogP contribution in [0.5, 0.6) is 0 Å². The summed E-state index contributed by atoms with van der Waals surface area (Å²) >= 11 is 0. The molecule has 2 rings (SSSR count). The maximum Gasteiger partial charge on any atom is 0.0483 e. The van der Waals surface area contributed by atoms with Gasteiger partial charge in [-0.05, 0) is 50.4 Å². The zero-order valence-corrected chi connectivity index (χ0v) is 12.6. The third kappa shape index (κ3) is 3.73. The molecule has 0 fully saturated rings. The van der Waals surface area contributed by atoms with Gasteiger partial charge in [-0.1, -0.05) is 31.2 Å². The summed E-state index contributed by atoms with van der Waals surface area (Å²) in [7, 11) is 0. The minimum Gasteiger partial charge on any atom is -0.347 e. The standard InChI is InChI=1S/C18H26N2/c1-3-5-14-20-15-16(10-8-9-13-19-4-2)17-11-6-7-12-18(17)20/h3,6-7,11-12,15,19H,1,4-5,8-10,13-14H2,2H3. The van der Waals surface area contributed by atoms with Gasteiger partial charge in [-0.2, -0.15) is 0 Å². The molecule has 0 amide bonds. The third-order valence-corrected chi connectivity index (χ3v) is 3.74. The summed E-state index contributed by atoms with van der Waals surface area (Å²) in [5, 5.41) is 4.81. The number of hydrogen-bond acceptors (Lipinski definition) is 1. The van der Waals surface area contributed by atoms with Crippen LogP contribution in [0.25, 0.3) is 10.9 Å². The molecule has 0 bridgehead atoms. The van der Waals surface area contributed by atoms with Gasteiger partial charge in [0.25, 0.3) is 0 Å². The average molecular weight is 270 g/mol. The van der Waals surface area contributed by atoms with Gasteiger partial charge in [0.05, 0.1) is 0 Å². The normalized spacial score (nSPS) is 11.1. The summed E-state index contributed by atoms with van der Waals surface area (Å²) < 4.78 is 2.37. The second kappa shape index (κ2) is 7.91. The van der Waals surface area contributed by atoms with Crippen molar-refractivity contribution in [3.63, 3.8) is 0 Å². The fourth-order valence-corrected chi connectivity index (χ4v) is 2.68. The molecule has 0 atom stereocenters. The number of nitrogens with one attached hydrogen (secondary N) is 1. The van der Waals surface area contributed by atoms with Crippen molar-refractivity contribution in [1.82, 2.24) is 9.88 Å². The van der Waals surface area contributed by atoms with E-state index in [1.165, 1.54) is 35.7 Å². The van der Waals surface area contributed by atoms with Gasteiger partial charge in [-0.3, -0.25) is 0 Å². The topological polar surface area (TPSA) is 17.0 Å². The van der Waals surface area contributed by atoms with Gasteiger partial charge >= 0.3 is 0 Å². The molecule has 1 aromatic carbocycles. The van der Waals surface area contributed by atoms with Crippen molar-refractivity contribution >= 4 is 10.9 Å². The van der Waals surface area contributed by atoms with E-state index in [1.807, 2.05) is 6.08 Å². The van der Waals surface area contributed by atoms with E-state index in [1.54, 1.807) is 0 Å². The van der Waals surface area contributed by atoms with E-state index in [4.69, 9.17) is 0 Å². The van der Waals surface area contributed by atoms with Crippen molar-refractivity contribution in [2.75, 3.05) is 13.1 Å². The van der Waals surface area contributed by atoms with Gasteiger partial charge < -0.3 is 9.88 Å². The number of fused-ring (bicyclic) bond motifs is 1. The molecular formula is C18H26N2. The quantitative estimate of drug-likeness (QED) is 0.535. The summed E-state index contributed by atoms with van der Waals surface area (Å²) in [5.41, 5.74) is 2.84. The Morgan fingerprint density at radius 1 is 1.25 bits per heavy atom. The summed E-state index contributed by atoms with van der Waals surface area (Å²) in [5.74, 6) is 0. The van der Waals surface area contributed by atoms with E-state index in [2.05, 4.69) is 53.8 Å². The molecule has 20 heavy (non-hydrogen) atoms. The number of nitrogens with zero attached hydrogens (tertiary/aromatic N) is 1. The van der Waals surface area contributed by atoms with Crippen molar-refractivity contribution in [1.29, 1.82) is 0 Å². The molecular weight excluding hydrogens is 244 g/mol. The second-order valence-corrected chi connectivity index (χ2v) is 5.25. The molecule has 0 aliphatic carbocycles. The molecule has 0 saturated carbocycles. The number of hydrogen-bond donors (Lipinski definition) is 1. The fourth-order valence-electron chi connectivity index (χ4n) is 2.68. The maximum absolute atomic E-state index is 3.82. The van der Waals surface area contributed by atoms with Gasteiger partial charge in [0.1, 0.15) is 0 Å². The SMILES string of the molecule is C=CCCn1cc(CCCCNCC)c2ccccc21. The van der Waals surface area contributed by atoms with E-state index in [9.17, 15) is 0 Å². The van der Waals surface area contributed by atoms with Crippen LogP contribution in [0, 0.1) is 0 Å². The lowest BCUT2D eigenvalue weighted by atomic mass is 10.1. The summed E-state index contributed by atoms with van der Waals surface area (Å²) in [6.07, 6.45) is 9.03. The molecule has 1 aromatic heterocycles. The molecule has 2 heteroatoms. The van der Waals surface area contributed by atoms with Crippen LogP contribution in [0.15, 0.2) is 43.1 Å². The molecule has 2 nitrogen and oxygen atoms in total. The van der Waals surface area contributed by atoms with E-state index < -0.39 is 0 Å². The zero-order valence-electron chi connectivity index (χ0n) is 12.6. The fraction of sp³-hybridized carbons (Fsp3) is 0.444. The lowest BCUT2D eigenvalue weighted by Gasteiger charge is -2.01. The highest BCUT2D eigenvalue weighted by Crippen LogP contribution is 2.23. The Morgan fingerprint density at radius 2 is 2.10 bits per heavy atom. The summed E-state index contributed by atoms with van der Waals surface area (Å²) in [4.78, 5) is 0. The number of aromatic nitrogens is 1. The summed E-state index contributed by atoms with van der Waals surface area (Å²) in [6, 6.07) is 8.74. The Balaban J connectivity index is 2.06. The van der Waals surface area contributed by atoms with Gasteiger partial charge in [0.2, 0.25) is 0 Å². The Labute approximate surface area is 122 Å². The summed E-state index contributed by atoms with van der Waals surface area (Å²) in [6.45, 7) is 9.21. The first-order valence-electron chi connectivity index (χ1n) is 7.75. The minimum absolute atomic E-state index is 1.03. The van der Waals surface area contributed by atoms with Gasteiger partial charge in [0, 0.05) is 23.6 Å². The Morgan fingerprint density at radius 3 is 2.90 bits per heavy atom. The van der Waals surface area contributed by atoms with Crippen molar-refractivity contribution in [3.8, 4) is 0 Å². The first kappa shape index (κ1) is 14.9. The number of rotatable bonds is 9. The molecule has 0 aliphatic rings. The highest BCUT2D eigenvalue weighted by molar-refractivity contribution is 5.83. The molecule has 0 radical (unpaired) electrons. The Kier molecular flexibility index (Phi) is 5.87. The molecule has 2 aromatic rings. The first-order valence-corrected chi connectivity index (χ1v) is 7.75. The van der Waals surface area contributed by atoms with Crippen LogP contribution < -0.4 is 5.32 Å². The molecule has 0 aliphatic heterocycles. The number of benzene rings is 1. The second-order valence-electron chi connectivity index (χ2n) is 5.25. The molecule has 1 N–H and O–H groups in total. The van der Waals surface area contributed by atoms with Crippen molar-refractivity contribution in [2.24, 2.45) is 0 Å². The predicted octanol–water partition coefficient (Wildman–Crippen LogP) is 4.15. The van der Waals surface area contributed by atoms with E-state index in [0.717, 1.165) is 26.1 Å². The van der Waals surface area contributed by atoms with Crippen LogP contribution in [-0.2, 0) is 13.0 Å². The molecule has 108 valence electrons. The number of unbranched alkanes of at least 4 members (excludes halogenated alkanes) is 1. The van der Waals surface area contributed by atoms with Crippen LogP contribution in [0.1, 0.15) is 31.7 Å². The van der Waals surface area contributed by atoms with Crippen molar-refractivity contribution in [3.05, 3.63) is 48.7 Å². The predicted molar refractivity (Wildman–Crippen MR) is 88.2 cm³/mol. The monoisotopic (exact) mass is 270 g/mol. The van der Waals surface area contributed by atoms with Crippen LogP contribution in [-0.4, -0.2) is 17.7 Å². The zero-order chi connectivity index (χ0) is 14.2. The van der Waals surface area contributed by atoms with Crippen molar-refractivity contribution < 1.29 is 0 Å². The average Bonchev–Trinajstić information content (AvgIpc) is 2.83. The van der Waals surface area contributed by atoms with Crippen molar-refractivity contribution in [2.45, 2.75) is 39.2 Å². The smallest absolute Gasteiger partial charge is 0.0483 e. The van der Waals surface area contributed by atoms with E-state index in [0.29, 0.717) is 0 Å². The lowest BCUT2D eigenvalue weighted by Crippen LogP contribution is -2.13. The maximum atomic E-state index is 3.82.